The maximum atomic E-state index is 12.8. The van der Waals surface area contributed by atoms with Crippen molar-refractivity contribution in [1.82, 2.24) is 15.1 Å². The highest BCUT2D eigenvalue weighted by atomic mass is 16.3. The van der Waals surface area contributed by atoms with Gasteiger partial charge in [0.05, 0.1) is 6.04 Å². The molecule has 2 N–H and O–H groups in total. The number of amides is 2. The molecule has 27 heavy (non-hydrogen) atoms. The lowest BCUT2D eigenvalue weighted by atomic mass is 9.99. The molecule has 2 amide bonds. The summed E-state index contributed by atoms with van der Waals surface area (Å²) in [6.45, 7) is 4.30. The first-order valence-corrected chi connectivity index (χ1v) is 9.74. The van der Waals surface area contributed by atoms with Crippen molar-refractivity contribution in [3.8, 4) is 0 Å². The minimum atomic E-state index is -0.0477. The fourth-order valence-corrected chi connectivity index (χ4v) is 3.50. The number of urea groups is 1. The Hall–Kier alpha value is -2.37. The minimum absolute atomic E-state index is 0.00147. The second-order valence-electron chi connectivity index (χ2n) is 7.01. The van der Waals surface area contributed by atoms with Crippen LogP contribution in [0.15, 0.2) is 60.7 Å². The maximum absolute atomic E-state index is 12.8. The molecule has 0 unspecified atom stereocenters. The van der Waals surface area contributed by atoms with Crippen LogP contribution < -0.4 is 5.32 Å². The molecule has 1 saturated heterocycles. The first-order valence-electron chi connectivity index (χ1n) is 9.74. The van der Waals surface area contributed by atoms with Crippen LogP contribution in [0.1, 0.15) is 23.6 Å². The van der Waals surface area contributed by atoms with Gasteiger partial charge in [0.2, 0.25) is 0 Å². The number of rotatable bonds is 7. The Kier molecular flexibility index (Phi) is 7.25. The molecule has 2 aromatic rings. The van der Waals surface area contributed by atoms with E-state index in [0.29, 0.717) is 0 Å². The van der Waals surface area contributed by atoms with Gasteiger partial charge in [-0.05, 0) is 24.0 Å². The zero-order valence-electron chi connectivity index (χ0n) is 15.8. The van der Waals surface area contributed by atoms with Gasteiger partial charge in [-0.3, -0.25) is 4.90 Å². The first kappa shape index (κ1) is 19.4. The van der Waals surface area contributed by atoms with Crippen molar-refractivity contribution >= 4 is 6.03 Å². The molecule has 0 aliphatic carbocycles. The summed E-state index contributed by atoms with van der Waals surface area (Å²) in [5.41, 5.74) is 2.33. The number of nitrogens with one attached hydrogen (secondary N) is 1. The van der Waals surface area contributed by atoms with E-state index >= 15 is 0 Å². The average Bonchev–Trinajstić information content (AvgIpc) is 2.73. The van der Waals surface area contributed by atoms with Crippen molar-refractivity contribution < 1.29 is 9.90 Å². The number of hydrogen-bond acceptors (Lipinski definition) is 3. The topological polar surface area (TPSA) is 55.8 Å². The summed E-state index contributed by atoms with van der Waals surface area (Å²) >= 11 is 0. The molecule has 0 aromatic heterocycles. The fourth-order valence-electron chi connectivity index (χ4n) is 3.50. The highest BCUT2D eigenvalue weighted by Crippen LogP contribution is 2.19. The van der Waals surface area contributed by atoms with Gasteiger partial charge in [0, 0.05) is 39.3 Å². The molecule has 1 aliphatic heterocycles. The van der Waals surface area contributed by atoms with E-state index in [-0.39, 0.29) is 18.7 Å². The van der Waals surface area contributed by atoms with Crippen molar-refractivity contribution in [3.63, 3.8) is 0 Å². The van der Waals surface area contributed by atoms with Crippen LogP contribution in [0, 0.1) is 0 Å². The molecule has 0 saturated carbocycles. The third kappa shape index (κ3) is 5.81. The second-order valence-corrected chi connectivity index (χ2v) is 7.01. The van der Waals surface area contributed by atoms with Gasteiger partial charge in [0.15, 0.2) is 0 Å². The lowest BCUT2D eigenvalue weighted by Gasteiger charge is -2.35. The number of carbonyl (C=O) groups is 1. The van der Waals surface area contributed by atoms with Gasteiger partial charge in [-0.1, -0.05) is 60.7 Å². The molecule has 0 spiro atoms. The van der Waals surface area contributed by atoms with E-state index in [1.165, 1.54) is 5.56 Å². The fraction of sp³-hybridized carbons (Fsp3) is 0.409. The molecular formula is C22H29N3O2. The number of piperazine rings is 1. The van der Waals surface area contributed by atoms with Gasteiger partial charge in [-0.25, -0.2) is 4.79 Å². The number of aliphatic hydroxyl groups excluding tert-OH is 1. The van der Waals surface area contributed by atoms with Crippen LogP contribution in [0.25, 0.3) is 0 Å². The van der Waals surface area contributed by atoms with Gasteiger partial charge in [0.1, 0.15) is 0 Å². The molecule has 1 heterocycles. The highest BCUT2D eigenvalue weighted by molar-refractivity contribution is 5.75. The summed E-state index contributed by atoms with van der Waals surface area (Å²) in [6.07, 6.45) is 1.56. The summed E-state index contributed by atoms with van der Waals surface area (Å²) in [6, 6.07) is 20.4. The Morgan fingerprint density at radius 3 is 2.22 bits per heavy atom. The quantitative estimate of drug-likeness (QED) is 0.791. The van der Waals surface area contributed by atoms with Crippen LogP contribution in [0.2, 0.25) is 0 Å². The van der Waals surface area contributed by atoms with Crippen LogP contribution in [-0.2, 0) is 6.42 Å². The summed E-state index contributed by atoms with van der Waals surface area (Å²) in [4.78, 5) is 17.1. The number of aliphatic hydroxyl groups is 1. The zero-order valence-corrected chi connectivity index (χ0v) is 15.8. The monoisotopic (exact) mass is 367 g/mol. The Morgan fingerprint density at radius 1 is 0.963 bits per heavy atom. The van der Waals surface area contributed by atoms with Crippen LogP contribution in [-0.4, -0.2) is 60.3 Å². The molecule has 1 fully saturated rings. The second kappa shape index (κ2) is 10.1. The number of carbonyl (C=O) groups excluding carboxylic acids is 1. The van der Waals surface area contributed by atoms with Crippen LogP contribution >= 0.6 is 0 Å². The molecule has 0 bridgehead atoms. The summed E-state index contributed by atoms with van der Waals surface area (Å²) in [5.74, 6) is 0. The maximum Gasteiger partial charge on any atom is 0.317 e. The largest absolute Gasteiger partial charge is 0.396 e. The van der Waals surface area contributed by atoms with Crippen molar-refractivity contribution in [1.29, 1.82) is 0 Å². The Labute approximate surface area is 161 Å². The van der Waals surface area contributed by atoms with Gasteiger partial charge in [-0.15, -0.1) is 0 Å². The Morgan fingerprint density at radius 2 is 1.59 bits per heavy atom. The predicted molar refractivity (Wildman–Crippen MR) is 108 cm³/mol. The Bertz CT molecular complexity index is 685. The minimum Gasteiger partial charge on any atom is -0.396 e. The highest BCUT2D eigenvalue weighted by Gasteiger charge is 2.23. The Balaban J connectivity index is 1.61. The lowest BCUT2D eigenvalue weighted by Crippen LogP contribution is -2.52. The smallest absolute Gasteiger partial charge is 0.317 e. The van der Waals surface area contributed by atoms with Crippen molar-refractivity contribution in [2.24, 2.45) is 0 Å². The van der Waals surface area contributed by atoms with E-state index in [0.717, 1.165) is 51.1 Å². The molecule has 5 heteroatoms. The molecular weight excluding hydrogens is 338 g/mol. The van der Waals surface area contributed by atoms with E-state index in [4.69, 9.17) is 5.11 Å². The van der Waals surface area contributed by atoms with Crippen LogP contribution in [0.3, 0.4) is 0 Å². The van der Waals surface area contributed by atoms with E-state index in [9.17, 15) is 4.79 Å². The summed E-state index contributed by atoms with van der Waals surface area (Å²) < 4.78 is 0. The van der Waals surface area contributed by atoms with Crippen molar-refractivity contribution in [2.45, 2.75) is 18.9 Å². The molecule has 1 aliphatic rings. The number of hydrogen-bond donors (Lipinski definition) is 2. The molecule has 144 valence electrons. The number of benzene rings is 2. The van der Waals surface area contributed by atoms with Crippen LogP contribution in [0.4, 0.5) is 4.79 Å². The average molecular weight is 367 g/mol. The van der Waals surface area contributed by atoms with E-state index in [1.807, 2.05) is 41.3 Å². The van der Waals surface area contributed by atoms with Crippen molar-refractivity contribution in [3.05, 3.63) is 71.8 Å². The van der Waals surface area contributed by atoms with Gasteiger partial charge >= 0.3 is 6.03 Å². The first-order chi connectivity index (χ1) is 13.3. The van der Waals surface area contributed by atoms with Gasteiger partial charge in [-0.2, -0.15) is 0 Å². The van der Waals surface area contributed by atoms with Crippen LogP contribution in [0.5, 0.6) is 0 Å². The molecule has 5 nitrogen and oxygen atoms in total. The third-order valence-corrected chi connectivity index (χ3v) is 5.07. The molecule has 1 atom stereocenters. The standard InChI is InChI=1S/C22H29N3O2/c26-17-7-12-24-13-15-25(16-14-24)22(27)23-21(20-10-5-2-6-11-20)18-19-8-3-1-4-9-19/h1-6,8-11,21,26H,7,12-18H2,(H,23,27)/t21-/m0/s1. The lowest BCUT2D eigenvalue weighted by molar-refractivity contribution is 0.130. The van der Waals surface area contributed by atoms with Gasteiger partial charge < -0.3 is 15.3 Å². The number of nitrogens with zero attached hydrogens (tertiary/aromatic N) is 2. The van der Waals surface area contributed by atoms with E-state index < -0.39 is 0 Å². The predicted octanol–water partition coefficient (Wildman–Crippen LogP) is 2.68. The summed E-state index contributed by atoms with van der Waals surface area (Å²) in [7, 11) is 0. The summed E-state index contributed by atoms with van der Waals surface area (Å²) in [5, 5.41) is 12.2. The normalized spacial score (nSPS) is 16.1. The van der Waals surface area contributed by atoms with Gasteiger partial charge in [0.25, 0.3) is 0 Å². The van der Waals surface area contributed by atoms with E-state index in [2.05, 4.69) is 34.5 Å². The zero-order chi connectivity index (χ0) is 18.9. The van der Waals surface area contributed by atoms with Crippen molar-refractivity contribution in [2.75, 3.05) is 39.3 Å². The van der Waals surface area contributed by atoms with E-state index in [1.54, 1.807) is 0 Å². The molecule has 2 aromatic carbocycles. The molecule has 3 rings (SSSR count). The molecule has 0 radical (unpaired) electrons. The third-order valence-electron chi connectivity index (χ3n) is 5.07. The SMILES string of the molecule is O=C(N[C@@H](Cc1ccccc1)c1ccccc1)N1CCN(CCCO)CC1.